The first kappa shape index (κ1) is 9.90. The molecule has 0 amide bonds. The molecule has 2 heteroatoms. The molecule has 0 N–H and O–H groups in total. The van der Waals surface area contributed by atoms with E-state index in [4.69, 9.17) is 0 Å². The van der Waals surface area contributed by atoms with Gasteiger partial charge in [0.2, 0.25) is 0 Å². The minimum atomic E-state index is -0.478. The van der Waals surface area contributed by atoms with Crippen LogP contribution in [0.1, 0.15) is 12.5 Å². The van der Waals surface area contributed by atoms with E-state index in [9.17, 15) is 8.78 Å². The van der Waals surface area contributed by atoms with Gasteiger partial charge >= 0.3 is 0 Å². The number of benzene rings is 1. The Morgan fingerprint density at radius 3 is 2.38 bits per heavy atom. The van der Waals surface area contributed by atoms with Crippen LogP contribution in [0.4, 0.5) is 8.78 Å². The summed E-state index contributed by atoms with van der Waals surface area (Å²) >= 11 is 0. The summed E-state index contributed by atoms with van der Waals surface area (Å²) in [5.41, 5.74) is 0.148. The smallest absolute Gasteiger partial charge is 0.129 e. The van der Waals surface area contributed by atoms with Gasteiger partial charge in [0.05, 0.1) is 0 Å². The van der Waals surface area contributed by atoms with Gasteiger partial charge in [-0.15, -0.1) is 6.58 Å². The fraction of sp³-hybridized carbons (Fsp3) is 0.273. The predicted octanol–water partition coefficient (Wildman–Crippen LogP) is 3.33. The molecule has 0 aliphatic heterocycles. The Kier molecular flexibility index (Phi) is 3.18. The highest BCUT2D eigenvalue weighted by Gasteiger charge is 2.09. The molecule has 1 unspecified atom stereocenters. The summed E-state index contributed by atoms with van der Waals surface area (Å²) in [6.07, 6.45) is 2.05. The zero-order valence-corrected chi connectivity index (χ0v) is 7.56. The van der Waals surface area contributed by atoms with E-state index < -0.39 is 11.6 Å². The number of hydrogen-bond acceptors (Lipinski definition) is 0. The van der Waals surface area contributed by atoms with Crippen molar-refractivity contribution in [1.29, 1.82) is 0 Å². The van der Waals surface area contributed by atoms with Crippen molar-refractivity contribution in [3.8, 4) is 0 Å². The number of allylic oxidation sites excluding steroid dienone is 1. The van der Waals surface area contributed by atoms with Gasteiger partial charge in [0.1, 0.15) is 11.6 Å². The number of rotatable bonds is 3. The third-order valence-electron chi connectivity index (χ3n) is 1.99. The lowest BCUT2D eigenvalue weighted by Crippen LogP contribution is -2.01. The van der Waals surface area contributed by atoms with Crippen LogP contribution in [0.25, 0.3) is 0 Å². The Balaban J connectivity index is 2.93. The van der Waals surface area contributed by atoms with Crippen LogP contribution in [0.2, 0.25) is 0 Å². The molecule has 0 aromatic heterocycles. The molecule has 1 rings (SSSR count). The maximum absolute atomic E-state index is 13.1. The van der Waals surface area contributed by atoms with Gasteiger partial charge in [-0.05, 0) is 24.5 Å². The van der Waals surface area contributed by atoms with Crippen LogP contribution in [0.3, 0.4) is 0 Å². The summed E-state index contributed by atoms with van der Waals surface area (Å²) in [7, 11) is 0. The molecule has 0 spiro atoms. The van der Waals surface area contributed by atoms with Crippen molar-refractivity contribution < 1.29 is 8.78 Å². The molecule has 13 heavy (non-hydrogen) atoms. The van der Waals surface area contributed by atoms with Crippen LogP contribution < -0.4 is 0 Å². The van der Waals surface area contributed by atoms with E-state index in [2.05, 4.69) is 6.58 Å². The van der Waals surface area contributed by atoms with Crippen LogP contribution in [-0.4, -0.2) is 0 Å². The molecule has 0 fully saturated rings. The minimum absolute atomic E-state index is 0.0893. The molecule has 0 bridgehead atoms. The Labute approximate surface area is 76.9 Å². The Morgan fingerprint density at radius 1 is 1.38 bits per heavy atom. The lowest BCUT2D eigenvalue weighted by atomic mass is 10.0. The second-order valence-electron chi connectivity index (χ2n) is 3.12. The highest BCUT2D eigenvalue weighted by Crippen LogP contribution is 2.16. The average molecular weight is 182 g/mol. The zero-order chi connectivity index (χ0) is 9.84. The van der Waals surface area contributed by atoms with Crippen molar-refractivity contribution >= 4 is 0 Å². The van der Waals surface area contributed by atoms with Crippen molar-refractivity contribution in [2.45, 2.75) is 13.3 Å². The minimum Gasteiger partial charge on any atom is -0.207 e. The highest BCUT2D eigenvalue weighted by atomic mass is 19.1. The molecule has 0 radical (unpaired) electrons. The van der Waals surface area contributed by atoms with Gasteiger partial charge in [0.15, 0.2) is 0 Å². The molecule has 0 saturated heterocycles. The second-order valence-corrected chi connectivity index (χ2v) is 3.12. The first-order valence-electron chi connectivity index (χ1n) is 4.20. The van der Waals surface area contributed by atoms with Crippen LogP contribution in [-0.2, 0) is 6.42 Å². The largest absolute Gasteiger partial charge is 0.207 e. The van der Waals surface area contributed by atoms with Crippen molar-refractivity contribution in [1.82, 2.24) is 0 Å². The normalized spacial score (nSPS) is 12.5. The maximum atomic E-state index is 13.1. The van der Waals surface area contributed by atoms with Crippen molar-refractivity contribution in [3.05, 3.63) is 48.1 Å². The standard InChI is InChI=1S/C11H12F2/c1-3-8(2)7-9-10(12)5-4-6-11(9)13/h3-6,8H,1,7H2,2H3. The molecule has 0 aliphatic carbocycles. The van der Waals surface area contributed by atoms with Gasteiger partial charge in [-0.3, -0.25) is 0 Å². The van der Waals surface area contributed by atoms with Gasteiger partial charge in [-0.1, -0.05) is 19.1 Å². The summed E-state index contributed by atoms with van der Waals surface area (Å²) in [5.74, 6) is -0.867. The third kappa shape index (κ3) is 2.38. The highest BCUT2D eigenvalue weighted by molar-refractivity contribution is 5.20. The molecule has 0 heterocycles. The summed E-state index contributed by atoms with van der Waals surface area (Å²) in [6.45, 7) is 5.45. The van der Waals surface area contributed by atoms with Crippen LogP contribution >= 0.6 is 0 Å². The third-order valence-corrected chi connectivity index (χ3v) is 1.99. The molecule has 0 nitrogen and oxygen atoms in total. The summed E-state index contributed by atoms with van der Waals surface area (Å²) in [4.78, 5) is 0. The lowest BCUT2D eigenvalue weighted by Gasteiger charge is -2.07. The van der Waals surface area contributed by atoms with E-state index >= 15 is 0 Å². The average Bonchev–Trinajstić information content (AvgIpc) is 2.11. The van der Waals surface area contributed by atoms with E-state index in [0.29, 0.717) is 6.42 Å². The number of hydrogen-bond donors (Lipinski definition) is 0. The van der Waals surface area contributed by atoms with Crippen molar-refractivity contribution in [2.75, 3.05) is 0 Å². The molecular weight excluding hydrogens is 170 g/mol. The first-order chi connectivity index (χ1) is 6.15. The fourth-order valence-electron chi connectivity index (χ4n) is 1.13. The van der Waals surface area contributed by atoms with E-state index in [-0.39, 0.29) is 11.5 Å². The van der Waals surface area contributed by atoms with E-state index in [0.717, 1.165) is 0 Å². The molecule has 0 saturated carbocycles. The fourth-order valence-corrected chi connectivity index (χ4v) is 1.13. The van der Waals surface area contributed by atoms with Gasteiger partial charge in [-0.25, -0.2) is 8.78 Å². The van der Waals surface area contributed by atoms with Crippen molar-refractivity contribution in [3.63, 3.8) is 0 Å². The molecule has 1 aromatic rings. The Bertz CT molecular complexity index is 285. The van der Waals surface area contributed by atoms with Crippen LogP contribution in [0.15, 0.2) is 30.9 Å². The van der Waals surface area contributed by atoms with E-state index in [1.54, 1.807) is 6.08 Å². The monoisotopic (exact) mass is 182 g/mol. The van der Waals surface area contributed by atoms with E-state index in [1.807, 2.05) is 6.92 Å². The summed E-state index contributed by atoms with van der Waals surface area (Å²) < 4.78 is 26.1. The molecule has 1 aromatic carbocycles. The first-order valence-corrected chi connectivity index (χ1v) is 4.20. The SMILES string of the molecule is C=CC(C)Cc1c(F)cccc1F. The molecule has 0 aliphatic rings. The lowest BCUT2D eigenvalue weighted by molar-refractivity contribution is 0.538. The van der Waals surface area contributed by atoms with Gasteiger partial charge < -0.3 is 0 Å². The Morgan fingerprint density at radius 2 is 1.92 bits per heavy atom. The molecular formula is C11H12F2. The molecule has 1 atom stereocenters. The van der Waals surface area contributed by atoms with Crippen molar-refractivity contribution in [2.24, 2.45) is 5.92 Å². The second kappa shape index (κ2) is 4.17. The molecule has 70 valence electrons. The van der Waals surface area contributed by atoms with Crippen LogP contribution in [0, 0.1) is 17.6 Å². The maximum Gasteiger partial charge on any atom is 0.129 e. The van der Waals surface area contributed by atoms with E-state index in [1.165, 1.54) is 18.2 Å². The van der Waals surface area contributed by atoms with Gasteiger partial charge in [0.25, 0.3) is 0 Å². The zero-order valence-electron chi connectivity index (χ0n) is 7.56. The Hall–Kier alpha value is -1.18. The predicted molar refractivity (Wildman–Crippen MR) is 49.4 cm³/mol. The number of halogens is 2. The van der Waals surface area contributed by atoms with Gasteiger partial charge in [-0.2, -0.15) is 0 Å². The summed E-state index contributed by atoms with van der Waals surface area (Å²) in [5, 5.41) is 0. The quantitative estimate of drug-likeness (QED) is 0.629. The summed E-state index contributed by atoms with van der Waals surface area (Å²) in [6, 6.07) is 3.91. The van der Waals surface area contributed by atoms with Crippen LogP contribution in [0.5, 0.6) is 0 Å². The van der Waals surface area contributed by atoms with Gasteiger partial charge in [0, 0.05) is 5.56 Å². The topological polar surface area (TPSA) is 0 Å².